The standard InChI is InChI=1S/C16H15N3O5S2/c1-2-22-13(20)6-10-7-26-16(17-10)19-15(25)18-14(21)9-3-4-11-12(5-9)24-8-23-11/h3-5,7H,2,6,8H2,1H3,(H2,17,18,19,21,25). The normalized spacial score (nSPS) is 11.7. The number of aromatic nitrogens is 1. The summed E-state index contributed by atoms with van der Waals surface area (Å²) < 4.78 is 15.3. The summed E-state index contributed by atoms with van der Waals surface area (Å²) in [6, 6.07) is 4.86. The van der Waals surface area contributed by atoms with Gasteiger partial charge < -0.3 is 19.5 Å². The molecule has 0 bridgehead atoms. The molecule has 1 aromatic carbocycles. The van der Waals surface area contributed by atoms with E-state index in [9.17, 15) is 9.59 Å². The summed E-state index contributed by atoms with van der Waals surface area (Å²) in [5, 5.41) is 7.68. The summed E-state index contributed by atoms with van der Waals surface area (Å²) in [6.45, 7) is 2.20. The van der Waals surface area contributed by atoms with E-state index in [4.69, 9.17) is 26.4 Å². The van der Waals surface area contributed by atoms with Gasteiger partial charge in [-0.15, -0.1) is 11.3 Å². The number of hydrogen-bond acceptors (Lipinski definition) is 8. The molecule has 1 aromatic heterocycles. The van der Waals surface area contributed by atoms with Crippen LogP contribution in [0.2, 0.25) is 0 Å². The first-order valence-electron chi connectivity index (χ1n) is 7.67. The number of carbonyl (C=O) groups excluding carboxylic acids is 2. The van der Waals surface area contributed by atoms with E-state index in [0.717, 1.165) is 0 Å². The van der Waals surface area contributed by atoms with Crippen LogP contribution in [0.4, 0.5) is 5.13 Å². The number of rotatable bonds is 5. The van der Waals surface area contributed by atoms with Crippen LogP contribution in [0, 0.1) is 0 Å². The first kappa shape index (κ1) is 18.1. The smallest absolute Gasteiger partial charge is 0.311 e. The number of hydrogen-bond donors (Lipinski definition) is 2. The van der Waals surface area contributed by atoms with Crippen LogP contribution in [-0.4, -0.2) is 35.4 Å². The van der Waals surface area contributed by atoms with Gasteiger partial charge in [0.1, 0.15) is 0 Å². The number of esters is 1. The minimum absolute atomic E-state index is 0.0857. The van der Waals surface area contributed by atoms with Crippen LogP contribution < -0.4 is 20.1 Å². The molecule has 0 aliphatic carbocycles. The number of thiocarbonyl (C=S) groups is 1. The number of fused-ring (bicyclic) bond motifs is 1. The van der Waals surface area contributed by atoms with Crippen molar-refractivity contribution >= 4 is 45.7 Å². The molecule has 0 saturated carbocycles. The number of thiazole rings is 1. The number of amides is 1. The maximum absolute atomic E-state index is 12.3. The minimum Gasteiger partial charge on any atom is -0.466 e. The molecule has 1 aliphatic rings. The molecular weight excluding hydrogens is 378 g/mol. The van der Waals surface area contributed by atoms with Gasteiger partial charge in [-0.3, -0.25) is 14.9 Å². The lowest BCUT2D eigenvalue weighted by molar-refractivity contribution is -0.142. The Hall–Kier alpha value is -2.72. The van der Waals surface area contributed by atoms with Gasteiger partial charge in [-0.1, -0.05) is 0 Å². The number of nitrogens with one attached hydrogen (secondary N) is 2. The Balaban J connectivity index is 1.54. The van der Waals surface area contributed by atoms with Gasteiger partial charge in [0.25, 0.3) is 5.91 Å². The third-order valence-electron chi connectivity index (χ3n) is 3.26. The first-order valence-corrected chi connectivity index (χ1v) is 8.96. The van der Waals surface area contributed by atoms with Crippen molar-refractivity contribution in [2.75, 3.05) is 18.7 Å². The number of anilines is 1. The van der Waals surface area contributed by atoms with Gasteiger partial charge in [-0.25, -0.2) is 4.98 Å². The molecule has 3 rings (SSSR count). The van der Waals surface area contributed by atoms with E-state index in [1.54, 1.807) is 30.5 Å². The van der Waals surface area contributed by atoms with Crippen LogP contribution in [0.25, 0.3) is 0 Å². The third-order valence-corrected chi connectivity index (χ3v) is 4.28. The zero-order chi connectivity index (χ0) is 18.5. The molecule has 1 aliphatic heterocycles. The summed E-state index contributed by atoms with van der Waals surface area (Å²) >= 11 is 6.40. The summed E-state index contributed by atoms with van der Waals surface area (Å²) in [5.74, 6) is 0.381. The van der Waals surface area contributed by atoms with Crippen LogP contribution in [-0.2, 0) is 16.0 Å². The molecule has 0 fully saturated rings. The van der Waals surface area contributed by atoms with Crippen molar-refractivity contribution in [3.05, 3.63) is 34.8 Å². The van der Waals surface area contributed by atoms with Crippen molar-refractivity contribution in [1.29, 1.82) is 0 Å². The van der Waals surface area contributed by atoms with E-state index in [1.165, 1.54) is 11.3 Å². The van der Waals surface area contributed by atoms with Gasteiger partial charge >= 0.3 is 5.97 Å². The molecule has 0 atom stereocenters. The third kappa shape index (κ3) is 4.46. The highest BCUT2D eigenvalue weighted by Gasteiger charge is 2.17. The SMILES string of the molecule is CCOC(=O)Cc1csc(NC(=S)NC(=O)c2ccc3c(c2)OCO3)n1. The van der Waals surface area contributed by atoms with Crippen molar-refractivity contribution in [2.45, 2.75) is 13.3 Å². The largest absolute Gasteiger partial charge is 0.466 e. The predicted molar refractivity (Wildman–Crippen MR) is 98.7 cm³/mol. The molecule has 2 aromatic rings. The summed E-state index contributed by atoms with van der Waals surface area (Å²) in [6.07, 6.45) is 0.0857. The monoisotopic (exact) mass is 393 g/mol. The number of benzene rings is 1. The van der Waals surface area contributed by atoms with Gasteiger partial charge in [0.2, 0.25) is 6.79 Å². The predicted octanol–water partition coefficient (Wildman–Crippen LogP) is 2.10. The minimum atomic E-state index is -0.385. The summed E-state index contributed by atoms with van der Waals surface area (Å²) in [5.41, 5.74) is 0.960. The van der Waals surface area contributed by atoms with E-state index in [1.807, 2.05) is 0 Å². The van der Waals surface area contributed by atoms with Crippen LogP contribution >= 0.6 is 23.6 Å². The zero-order valence-corrected chi connectivity index (χ0v) is 15.4. The second kappa shape index (κ2) is 8.11. The van der Waals surface area contributed by atoms with E-state index >= 15 is 0 Å². The molecular formula is C16H15N3O5S2. The highest BCUT2D eigenvalue weighted by molar-refractivity contribution is 7.80. The second-order valence-electron chi connectivity index (χ2n) is 5.10. The van der Waals surface area contributed by atoms with Gasteiger partial charge in [0.05, 0.1) is 18.7 Å². The van der Waals surface area contributed by atoms with Gasteiger partial charge in [0, 0.05) is 10.9 Å². The van der Waals surface area contributed by atoms with Gasteiger partial charge in [0.15, 0.2) is 21.7 Å². The average Bonchev–Trinajstić information content (AvgIpc) is 3.23. The Bertz CT molecular complexity index is 852. The van der Waals surface area contributed by atoms with Crippen LogP contribution in [0.1, 0.15) is 23.0 Å². The Morgan fingerprint density at radius 1 is 1.35 bits per heavy atom. The molecule has 1 amide bonds. The lowest BCUT2D eigenvalue weighted by Gasteiger charge is -2.07. The average molecular weight is 393 g/mol. The maximum Gasteiger partial charge on any atom is 0.311 e. The van der Waals surface area contributed by atoms with E-state index in [-0.39, 0.29) is 30.2 Å². The van der Waals surface area contributed by atoms with Crippen LogP contribution in [0.3, 0.4) is 0 Å². The van der Waals surface area contributed by atoms with Crippen molar-refractivity contribution in [2.24, 2.45) is 0 Å². The Morgan fingerprint density at radius 2 is 2.15 bits per heavy atom. The molecule has 10 heteroatoms. The van der Waals surface area contributed by atoms with Gasteiger partial charge in [-0.05, 0) is 37.3 Å². The molecule has 8 nitrogen and oxygen atoms in total. The fraction of sp³-hybridized carbons (Fsp3) is 0.250. The van der Waals surface area contributed by atoms with Crippen molar-refractivity contribution in [1.82, 2.24) is 10.3 Å². The summed E-state index contributed by atoms with van der Waals surface area (Å²) in [7, 11) is 0. The second-order valence-corrected chi connectivity index (χ2v) is 6.37. The van der Waals surface area contributed by atoms with E-state index in [0.29, 0.717) is 34.5 Å². The molecule has 2 N–H and O–H groups in total. The summed E-state index contributed by atoms with van der Waals surface area (Å²) in [4.78, 5) is 27.9. The number of ether oxygens (including phenoxy) is 3. The highest BCUT2D eigenvalue weighted by atomic mass is 32.1. The van der Waals surface area contributed by atoms with Gasteiger partial charge in [-0.2, -0.15) is 0 Å². The van der Waals surface area contributed by atoms with E-state index in [2.05, 4.69) is 15.6 Å². The highest BCUT2D eigenvalue weighted by Crippen LogP contribution is 2.32. The number of carbonyl (C=O) groups is 2. The van der Waals surface area contributed by atoms with Crippen LogP contribution in [0.15, 0.2) is 23.6 Å². The Labute approximate surface area is 158 Å². The van der Waals surface area contributed by atoms with Crippen molar-refractivity contribution in [3.63, 3.8) is 0 Å². The molecule has 0 radical (unpaired) electrons. The Kier molecular flexibility index (Phi) is 5.64. The van der Waals surface area contributed by atoms with E-state index < -0.39 is 0 Å². The molecule has 2 heterocycles. The molecule has 136 valence electrons. The molecule has 0 spiro atoms. The fourth-order valence-corrected chi connectivity index (χ4v) is 3.12. The lowest BCUT2D eigenvalue weighted by Crippen LogP contribution is -2.34. The number of nitrogens with zero attached hydrogens (tertiary/aromatic N) is 1. The van der Waals surface area contributed by atoms with Crippen molar-refractivity contribution in [3.8, 4) is 11.5 Å². The fourth-order valence-electron chi connectivity index (χ4n) is 2.15. The zero-order valence-electron chi connectivity index (χ0n) is 13.7. The molecule has 0 unspecified atom stereocenters. The topological polar surface area (TPSA) is 98.8 Å². The molecule has 26 heavy (non-hydrogen) atoms. The van der Waals surface area contributed by atoms with Crippen LogP contribution in [0.5, 0.6) is 11.5 Å². The molecule has 0 saturated heterocycles. The van der Waals surface area contributed by atoms with Crippen molar-refractivity contribution < 1.29 is 23.8 Å². The first-order chi connectivity index (χ1) is 12.5. The Morgan fingerprint density at radius 3 is 2.96 bits per heavy atom. The quantitative estimate of drug-likeness (QED) is 0.589. The maximum atomic E-state index is 12.3. The lowest BCUT2D eigenvalue weighted by atomic mass is 10.2.